The summed E-state index contributed by atoms with van der Waals surface area (Å²) in [6.45, 7) is 0.180. The fourth-order valence-electron chi connectivity index (χ4n) is 3.15. The van der Waals surface area contributed by atoms with Gasteiger partial charge in [0.05, 0.1) is 16.8 Å². The summed E-state index contributed by atoms with van der Waals surface area (Å²) < 4.78 is 30.4. The number of rotatable bonds is 4. The van der Waals surface area contributed by atoms with Crippen molar-refractivity contribution < 1.29 is 18.3 Å². The lowest BCUT2D eigenvalue weighted by Gasteiger charge is -2.31. The van der Waals surface area contributed by atoms with Crippen molar-refractivity contribution in [2.75, 3.05) is 11.9 Å². The van der Waals surface area contributed by atoms with Crippen molar-refractivity contribution in [3.05, 3.63) is 30.6 Å². The summed E-state index contributed by atoms with van der Waals surface area (Å²) in [6.07, 6.45) is 4.64. The molecule has 0 saturated carbocycles. The molecule has 1 aliphatic rings. The van der Waals surface area contributed by atoms with Gasteiger partial charge >= 0.3 is 5.97 Å². The van der Waals surface area contributed by atoms with Crippen molar-refractivity contribution in [2.24, 2.45) is 10.2 Å². The van der Waals surface area contributed by atoms with E-state index in [0.29, 0.717) is 35.7 Å². The lowest BCUT2D eigenvalue weighted by atomic mass is 10.1. The predicted octanol–water partition coefficient (Wildman–Crippen LogP) is 2.16. The third-order valence-electron chi connectivity index (χ3n) is 4.43. The van der Waals surface area contributed by atoms with E-state index >= 15 is 0 Å². The van der Waals surface area contributed by atoms with Crippen molar-refractivity contribution >= 4 is 62.6 Å². The van der Waals surface area contributed by atoms with Crippen LogP contribution in [0.4, 0.5) is 5.69 Å². The number of nitrogens with one attached hydrogen (secondary N) is 1. The Morgan fingerprint density at radius 1 is 1.36 bits per heavy atom. The highest BCUT2D eigenvalue weighted by molar-refractivity contribution is 7.89. The number of halogens is 2. The zero-order valence-electron chi connectivity index (χ0n) is 14.6. The van der Waals surface area contributed by atoms with Gasteiger partial charge in [0.1, 0.15) is 6.04 Å². The molecule has 0 bridgehead atoms. The summed E-state index contributed by atoms with van der Waals surface area (Å²) >= 11 is 5.31. The Kier molecular flexibility index (Phi) is 7.05. The number of sulfonamides is 1. The highest BCUT2D eigenvalue weighted by Gasteiger charge is 2.37. The Bertz CT molecular complexity index is 1020. The smallest absolute Gasteiger partial charge is 0.322 e. The molecule has 0 spiro atoms. The average Bonchev–Trinajstić information content (AvgIpc) is 2.67. The largest absolute Gasteiger partial charge is 0.480 e. The molecule has 1 fully saturated rings. The molecule has 1 saturated heterocycles. The minimum absolute atomic E-state index is 0. The van der Waals surface area contributed by atoms with Crippen molar-refractivity contribution in [1.82, 2.24) is 9.29 Å². The number of benzene rings is 1. The fraction of sp³-hybridized carbons (Fsp3) is 0.312. The number of aromatic nitrogens is 1. The maximum absolute atomic E-state index is 13.0. The molecular weight excluding hydrogens is 429 g/mol. The predicted molar refractivity (Wildman–Crippen MR) is 109 cm³/mol. The van der Waals surface area contributed by atoms with E-state index in [2.05, 4.69) is 14.8 Å². The highest BCUT2D eigenvalue weighted by Crippen LogP contribution is 2.29. The monoisotopic (exact) mass is 447 g/mol. The number of hydrogen-bond donors (Lipinski definition) is 3. The van der Waals surface area contributed by atoms with E-state index in [-0.39, 0.29) is 29.8 Å². The molecule has 2 heterocycles. The molecule has 4 N–H and O–H groups in total. The molecular formula is C16H19Cl2N5O4S. The van der Waals surface area contributed by atoms with Gasteiger partial charge in [0.15, 0.2) is 0 Å². The molecule has 152 valence electrons. The number of piperidine rings is 1. The van der Waals surface area contributed by atoms with Gasteiger partial charge in [-0.25, -0.2) is 8.42 Å². The highest BCUT2D eigenvalue weighted by atomic mass is 35.5. The number of nitrogens with zero attached hydrogens (tertiary/aromatic N) is 3. The van der Waals surface area contributed by atoms with Gasteiger partial charge in [-0.05, 0) is 31.4 Å². The van der Waals surface area contributed by atoms with Crippen LogP contribution in [-0.2, 0) is 14.8 Å². The SMILES string of the molecule is Cl.NC(=NCl)Nc1cncc2cc(S(=O)(=O)N3CCCCC3C(=O)O)ccc12. The molecule has 1 atom stereocenters. The number of fused-ring (bicyclic) bond motifs is 1. The van der Waals surface area contributed by atoms with E-state index in [1.165, 1.54) is 24.5 Å². The summed E-state index contributed by atoms with van der Waals surface area (Å²) in [5.41, 5.74) is 6.07. The summed E-state index contributed by atoms with van der Waals surface area (Å²) in [5, 5.41) is 13.4. The Hall–Kier alpha value is -2.14. The number of hydrogen-bond acceptors (Lipinski definition) is 5. The lowest BCUT2D eigenvalue weighted by molar-refractivity contribution is -0.142. The van der Waals surface area contributed by atoms with Crippen LogP contribution in [0.15, 0.2) is 40.0 Å². The topological polar surface area (TPSA) is 138 Å². The molecule has 0 amide bonds. The van der Waals surface area contributed by atoms with Crippen LogP contribution in [0.1, 0.15) is 19.3 Å². The second-order valence-corrected chi connectivity index (χ2v) is 8.19. The van der Waals surface area contributed by atoms with Gasteiger partial charge in [0.25, 0.3) is 0 Å². The van der Waals surface area contributed by atoms with Crippen molar-refractivity contribution in [3.63, 3.8) is 0 Å². The third kappa shape index (κ3) is 4.30. The molecule has 1 unspecified atom stereocenters. The van der Waals surface area contributed by atoms with Gasteiger partial charge in [-0.3, -0.25) is 9.78 Å². The maximum Gasteiger partial charge on any atom is 0.322 e. The van der Waals surface area contributed by atoms with Gasteiger partial charge in [-0.15, -0.1) is 16.9 Å². The minimum atomic E-state index is -3.95. The molecule has 0 radical (unpaired) electrons. The van der Waals surface area contributed by atoms with Crippen LogP contribution in [-0.4, -0.2) is 47.3 Å². The Balaban J connectivity index is 0.00000280. The number of anilines is 1. The molecule has 1 aromatic carbocycles. The normalized spacial score (nSPS) is 18.5. The van der Waals surface area contributed by atoms with Crippen LogP contribution < -0.4 is 11.1 Å². The second kappa shape index (κ2) is 8.91. The van der Waals surface area contributed by atoms with Gasteiger partial charge in [-0.2, -0.15) is 4.31 Å². The first-order valence-electron chi connectivity index (χ1n) is 8.18. The standard InChI is InChI=1S/C16H18ClN5O4S.ClH/c17-21-16(18)20-13-9-19-8-10-7-11(4-5-12(10)13)27(25,26)22-6-2-1-3-14(22)15(23)24;/h4-5,7-9,14H,1-3,6H2,(H,23,24)(H3,18,20,21);1H. The first-order valence-corrected chi connectivity index (χ1v) is 9.96. The average molecular weight is 448 g/mol. The first-order chi connectivity index (χ1) is 12.8. The molecule has 0 aliphatic carbocycles. The Morgan fingerprint density at radius 2 is 2.11 bits per heavy atom. The second-order valence-electron chi connectivity index (χ2n) is 6.13. The number of guanidine groups is 1. The van der Waals surface area contributed by atoms with Gasteiger partial charge < -0.3 is 16.2 Å². The quantitative estimate of drug-likeness (QED) is 0.481. The van der Waals surface area contributed by atoms with Gasteiger partial charge in [0.2, 0.25) is 16.0 Å². The summed E-state index contributed by atoms with van der Waals surface area (Å²) in [6, 6.07) is 3.45. The van der Waals surface area contributed by atoms with E-state index in [1.54, 1.807) is 6.07 Å². The van der Waals surface area contributed by atoms with Crippen LogP contribution >= 0.6 is 24.2 Å². The van der Waals surface area contributed by atoms with E-state index in [1.807, 2.05) is 0 Å². The number of carboxylic acid groups (broad SMARTS) is 1. The molecule has 1 aromatic heterocycles. The van der Waals surface area contributed by atoms with Crippen LogP contribution in [0, 0.1) is 0 Å². The van der Waals surface area contributed by atoms with Crippen molar-refractivity contribution in [2.45, 2.75) is 30.2 Å². The molecule has 1 aliphatic heterocycles. The first kappa shape index (κ1) is 22.2. The van der Waals surface area contributed by atoms with E-state index < -0.39 is 22.0 Å². The number of nitrogens with two attached hydrogens (primary N) is 1. The van der Waals surface area contributed by atoms with Crippen molar-refractivity contribution in [3.8, 4) is 0 Å². The van der Waals surface area contributed by atoms with E-state index in [4.69, 9.17) is 17.5 Å². The number of carbonyl (C=O) groups is 1. The number of carboxylic acids is 1. The lowest BCUT2D eigenvalue weighted by Crippen LogP contribution is -2.47. The van der Waals surface area contributed by atoms with Crippen LogP contribution in [0.25, 0.3) is 10.8 Å². The van der Waals surface area contributed by atoms with Crippen LogP contribution in [0.3, 0.4) is 0 Å². The number of aliphatic carboxylic acids is 1. The van der Waals surface area contributed by atoms with Crippen LogP contribution in [0.2, 0.25) is 0 Å². The summed E-state index contributed by atoms with van der Waals surface area (Å²) in [7, 11) is -3.95. The zero-order valence-corrected chi connectivity index (χ0v) is 17.0. The zero-order chi connectivity index (χ0) is 19.6. The van der Waals surface area contributed by atoms with Gasteiger partial charge in [-0.1, -0.05) is 6.07 Å². The third-order valence-corrected chi connectivity index (χ3v) is 6.52. The molecule has 9 nitrogen and oxygen atoms in total. The minimum Gasteiger partial charge on any atom is -0.480 e. The summed E-state index contributed by atoms with van der Waals surface area (Å²) in [5.74, 6) is -1.16. The maximum atomic E-state index is 13.0. The Morgan fingerprint density at radius 3 is 2.79 bits per heavy atom. The molecule has 3 rings (SSSR count). The molecule has 12 heteroatoms. The van der Waals surface area contributed by atoms with E-state index in [9.17, 15) is 18.3 Å². The molecule has 2 aromatic rings. The van der Waals surface area contributed by atoms with Crippen molar-refractivity contribution in [1.29, 1.82) is 0 Å². The Labute approximate surface area is 173 Å². The number of pyridine rings is 1. The van der Waals surface area contributed by atoms with E-state index in [0.717, 1.165) is 4.31 Å². The fourth-order valence-corrected chi connectivity index (χ4v) is 4.88. The summed E-state index contributed by atoms with van der Waals surface area (Å²) in [4.78, 5) is 15.5. The van der Waals surface area contributed by atoms with Crippen LogP contribution in [0.5, 0.6) is 0 Å². The van der Waals surface area contributed by atoms with Gasteiger partial charge in [0, 0.05) is 35.3 Å². The molecule has 28 heavy (non-hydrogen) atoms.